The molecule has 4 aromatic rings. The lowest BCUT2D eigenvalue weighted by Gasteiger charge is -2.12. The minimum absolute atomic E-state index is 0.102. The lowest BCUT2D eigenvalue weighted by molar-refractivity contribution is -0.117. The molecule has 0 aliphatic carbocycles. The Bertz CT molecular complexity index is 1440. The number of furan rings is 2. The van der Waals surface area contributed by atoms with E-state index in [9.17, 15) is 18.0 Å². The standard InChI is InChI=1S/C22H19N5O6S2/c1-13(21(29)23-15-7-9-16(10-8-15)35(30,31)27-14(2)28)34-22-24-19(17-5-3-11-32-17)20(25-26-22)18-6-4-12-33-18/h3-13H,1-2H3,(H,23,29)(H,27,28). The number of carbonyl (C=O) groups is 2. The van der Waals surface area contributed by atoms with Gasteiger partial charge in [0.15, 0.2) is 17.2 Å². The molecule has 0 saturated heterocycles. The quantitative estimate of drug-likeness (QED) is 0.335. The van der Waals surface area contributed by atoms with E-state index in [4.69, 9.17) is 8.83 Å². The van der Waals surface area contributed by atoms with E-state index in [-0.39, 0.29) is 16.0 Å². The van der Waals surface area contributed by atoms with Gasteiger partial charge in [0.05, 0.1) is 22.7 Å². The number of carbonyl (C=O) groups excluding carboxylic acids is 2. The van der Waals surface area contributed by atoms with Crippen LogP contribution in [0, 0.1) is 0 Å². The minimum Gasteiger partial charge on any atom is -0.463 e. The third kappa shape index (κ3) is 5.75. The number of nitrogens with zero attached hydrogens (tertiary/aromatic N) is 3. The highest BCUT2D eigenvalue weighted by molar-refractivity contribution is 8.00. The normalized spacial score (nSPS) is 12.2. The molecule has 0 fully saturated rings. The van der Waals surface area contributed by atoms with Crippen LogP contribution in [0.1, 0.15) is 13.8 Å². The third-order valence-electron chi connectivity index (χ3n) is 4.54. The number of anilines is 1. The van der Waals surface area contributed by atoms with Gasteiger partial charge in [0.1, 0.15) is 5.69 Å². The highest BCUT2D eigenvalue weighted by Gasteiger charge is 2.22. The van der Waals surface area contributed by atoms with E-state index in [0.717, 1.165) is 18.7 Å². The molecule has 2 amide bonds. The largest absolute Gasteiger partial charge is 0.463 e. The van der Waals surface area contributed by atoms with Crippen molar-refractivity contribution in [1.29, 1.82) is 0 Å². The molecule has 11 nitrogen and oxygen atoms in total. The first-order chi connectivity index (χ1) is 16.7. The van der Waals surface area contributed by atoms with Crippen LogP contribution in [0.3, 0.4) is 0 Å². The van der Waals surface area contributed by atoms with Crippen molar-refractivity contribution in [1.82, 2.24) is 19.9 Å². The Morgan fingerprint density at radius 3 is 2.14 bits per heavy atom. The molecule has 1 atom stereocenters. The lowest BCUT2D eigenvalue weighted by atomic mass is 10.2. The highest BCUT2D eigenvalue weighted by Crippen LogP contribution is 2.31. The van der Waals surface area contributed by atoms with Gasteiger partial charge < -0.3 is 14.2 Å². The fourth-order valence-corrected chi connectivity index (χ4v) is 4.65. The number of rotatable bonds is 8. The van der Waals surface area contributed by atoms with Gasteiger partial charge in [-0.25, -0.2) is 18.1 Å². The van der Waals surface area contributed by atoms with Crippen LogP contribution in [0.5, 0.6) is 0 Å². The van der Waals surface area contributed by atoms with E-state index < -0.39 is 21.2 Å². The number of aromatic nitrogens is 3. The summed E-state index contributed by atoms with van der Waals surface area (Å²) in [6.07, 6.45) is 3.03. The van der Waals surface area contributed by atoms with E-state index in [1.807, 2.05) is 4.72 Å². The number of hydrogen-bond acceptors (Lipinski definition) is 10. The second-order valence-corrected chi connectivity index (χ2v) is 10.2. The molecule has 4 rings (SSSR count). The molecule has 2 N–H and O–H groups in total. The van der Waals surface area contributed by atoms with Gasteiger partial charge in [-0.15, -0.1) is 10.2 Å². The van der Waals surface area contributed by atoms with Crippen molar-refractivity contribution < 1.29 is 26.8 Å². The first-order valence-corrected chi connectivity index (χ1v) is 12.5. The summed E-state index contributed by atoms with van der Waals surface area (Å²) in [6, 6.07) is 12.3. The zero-order valence-electron chi connectivity index (χ0n) is 18.5. The van der Waals surface area contributed by atoms with Crippen LogP contribution in [0.15, 0.2) is 79.9 Å². The van der Waals surface area contributed by atoms with Crippen molar-refractivity contribution >= 4 is 39.3 Å². The SMILES string of the molecule is CC(=O)NS(=O)(=O)c1ccc(NC(=O)C(C)Sc2nnc(-c3ccco3)c(-c3ccco3)n2)cc1. The monoisotopic (exact) mass is 513 g/mol. The third-order valence-corrected chi connectivity index (χ3v) is 6.94. The minimum atomic E-state index is -3.96. The van der Waals surface area contributed by atoms with Crippen molar-refractivity contribution in [2.45, 2.75) is 29.1 Å². The molecule has 0 aliphatic rings. The maximum absolute atomic E-state index is 12.7. The van der Waals surface area contributed by atoms with Gasteiger partial charge in [-0.3, -0.25) is 9.59 Å². The van der Waals surface area contributed by atoms with E-state index >= 15 is 0 Å². The number of nitrogens with one attached hydrogen (secondary N) is 2. The van der Waals surface area contributed by atoms with Crippen molar-refractivity contribution in [3.05, 3.63) is 61.1 Å². The van der Waals surface area contributed by atoms with Gasteiger partial charge in [0.25, 0.3) is 10.0 Å². The summed E-state index contributed by atoms with van der Waals surface area (Å²) in [4.78, 5) is 28.2. The predicted octanol–water partition coefficient (Wildman–Crippen LogP) is 3.34. The molecule has 0 spiro atoms. The number of thioether (sulfide) groups is 1. The van der Waals surface area contributed by atoms with Crippen LogP contribution < -0.4 is 10.0 Å². The molecule has 180 valence electrons. The van der Waals surface area contributed by atoms with Crippen LogP contribution in [0.4, 0.5) is 5.69 Å². The topological polar surface area (TPSA) is 157 Å². The molecular formula is C22H19N5O6S2. The number of hydrogen-bond donors (Lipinski definition) is 2. The second kappa shape index (κ2) is 10.1. The van der Waals surface area contributed by atoms with Crippen molar-refractivity contribution in [2.24, 2.45) is 0 Å². The van der Waals surface area contributed by atoms with Crippen LogP contribution in [0.2, 0.25) is 0 Å². The van der Waals surface area contributed by atoms with Crippen molar-refractivity contribution in [3.63, 3.8) is 0 Å². The first-order valence-electron chi connectivity index (χ1n) is 10.2. The van der Waals surface area contributed by atoms with Gasteiger partial charge in [-0.2, -0.15) is 0 Å². The zero-order valence-corrected chi connectivity index (χ0v) is 20.1. The Kier molecular flexibility index (Phi) is 6.98. The summed E-state index contributed by atoms with van der Waals surface area (Å²) in [7, 11) is -3.96. The van der Waals surface area contributed by atoms with Crippen LogP contribution in [-0.2, 0) is 19.6 Å². The fraction of sp³-hybridized carbons (Fsp3) is 0.136. The summed E-state index contributed by atoms with van der Waals surface area (Å²) in [5.41, 5.74) is 1.21. The molecule has 1 unspecified atom stereocenters. The molecule has 0 aliphatic heterocycles. The highest BCUT2D eigenvalue weighted by atomic mass is 32.2. The Hall–Kier alpha value is -3.97. The Balaban J connectivity index is 1.47. The Morgan fingerprint density at radius 2 is 1.57 bits per heavy atom. The van der Waals surface area contributed by atoms with Crippen molar-refractivity contribution in [3.8, 4) is 22.9 Å². The van der Waals surface area contributed by atoms with Crippen LogP contribution in [0.25, 0.3) is 22.9 Å². The second-order valence-electron chi connectivity index (χ2n) is 7.18. The summed E-state index contributed by atoms with van der Waals surface area (Å²) in [6.45, 7) is 2.78. The molecule has 0 saturated carbocycles. The van der Waals surface area contributed by atoms with E-state index in [1.54, 1.807) is 31.2 Å². The van der Waals surface area contributed by atoms with E-state index in [2.05, 4.69) is 20.5 Å². The summed E-state index contributed by atoms with van der Waals surface area (Å²) < 4.78 is 36.9. The van der Waals surface area contributed by atoms with Crippen LogP contribution in [-0.4, -0.2) is 40.7 Å². The van der Waals surface area contributed by atoms with E-state index in [1.165, 1.54) is 36.8 Å². The zero-order chi connectivity index (χ0) is 25.0. The number of amides is 2. The first kappa shape index (κ1) is 24.2. The smallest absolute Gasteiger partial charge is 0.264 e. The van der Waals surface area contributed by atoms with E-state index in [0.29, 0.717) is 28.6 Å². The maximum Gasteiger partial charge on any atom is 0.264 e. The lowest BCUT2D eigenvalue weighted by Crippen LogP contribution is -2.28. The summed E-state index contributed by atoms with van der Waals surface area (Å²) in [5.74, 6) is -0.106. The molecule has 3 heterocycles. The summed E-state index contributed by atoms with van der Waals surface area (Å²) in [5, 5.41) is 10.7. The predicted molar refractivity (Wildman–Crippen MR) is 127 cm³/mol. The fourth-order valence-electron chi connectivity index (χ4n) is 2.95. The molecule has 13 heteroatoms. The van der Waals surface area contributed by atoms with Gasteiger partial charge in [0.2, 0.25) is 17.0 Å². The summed E-state index contributed by atoms with van der Waals surface area (Å²) >= 11 is 1.09. The number of sulfonamides is 1. The van der Waals surface area contributed by atoms with Gasteiger partial charge >= 0.3 is 0 Å². The van der Waals surface area contributed by atoms with Gasteiger partial charge in [-0.1, -0.05) is 11.8 Å². The Morgan fingerprint density at radius 1 is 0.943 bits per heavy atom. The van der Waals surface area contributed by atoms with Gasteiger partial charge in [0, 0.05) is 12.6 Å². The molecule has 0 radical (unpaired) electrons. The molecule has 1 aromatic carbocycles. The maximum atomic E-state index is 12.7. The number of benzene rings is 1. The molecule has 3 aromatic heterocycles. The average Bonchev–Trinajstić information content (AvgIpc) is 3.53. The molecule has 35 heavy (non-hydrogen) atoms. The van der Waals surface area contributed by atoms with Crippen LogP contribution >= 0.6 is 11.8 Å². The molecular weight excluding hydrogens is 494 g/mol. The van der Waals surface area contributed by atoms with Gasteiger partial charge in [-0.05, 0) is 55.5 Å². The molecule has 0 bridgehead atoms. The average molecular weight is 514 g/mol. The Labute approximate surface area is 204 Å². The van der Waals surface area contributed by atoms with Crippen molar-refractivity contribution in [2.75, 3.05) is 5.32 Å².